The van der Waals surface area contributed by atoms with Gasteiger partial charge in [0, 0.05) is 22.0 Å². The summed E-state index contributed by atoms with van der Waals surface area (Å²) >= 11 is 2.03. The normalized spacial score (nSPS) is 15.3. The molecule has 3 rings (SSSR count). The number of nitrogens with one attached hydrogen (secondary N) is 1. The monoisotopic (exact) mass is 298 g/mol. The fourth-order valence-corrected chi connectivity index (χ4v) is 4.04. The first kappa shape index (κ1) is 14.5. The lowest BCUT2D eigenvalue weighted by atomic mass is 10.2. The summed E-state index contributed by atoms with van der Waals surface area (Å²) < 4.78 is 0. The molecule has 1 aliphatic rings. The zero-order valence-corrected chi connectivity index (χ0v) is 13.3. The molecule has 1 aromatic carbocycles. The van der Waals surface area contributed by atoms with E-state index in [-0.39, 0.29) is 0 Å². The third-order valence-corrected chi connectivity index (χ3v) is 5.33. The fraction of sp³-hybridized carbons (Fsp3) is 0.389. The van der Waals surface area contributed by atoms with Crippen LogP contribution in [0.15, 0.2) is 47.5 Å². The number of hydrogen-bond acceptors (Lipinski definition) is 3. The van der Waals surface area contributed by atoms with Crippen molar-refractivity contribution in [3.8, 4) is 0 Å². The molecule has 1 N–H and O–H groups in total. The van der Waals surface area contributed by atoms with Gasteiger partial charge in [0.05, 0.1) is 12.2 Å². The Bertz CT molecular complexity index is 574. The number of aryl methyl sites for hydroxylation is 1. The van der Waals surface area contributed by atoms with Crippen molar-refractivity contribution in [3.63, 3.8) is 0 Å². The molecule has 2 aromatic rings. The highest BCUT2D eigenvalue weighted by Crippen LogP contribution is 2.38. The zero-order valence-electron chi connectivity index (χ0n) is 12.5. The number of pyridine rings is 1. The lowest BCUT2D eigenvalue weighted by molar-refractivity contribution is 0.886. The predicted octanol–water partition coefficient (Wildman–Crippen LogP) is 5.04. The van der Waals surface area contributed by atoms with E-state index >= 15 is 0 Å². The van der Waals surface area contributed by atoms with Gasteiger partial charge in [0.2, 0.25) is 0 Å². The second kappa shape index (κ2) is 6.99. The summed E-state index contributed by atoms with van der Waals surface area (Å²) in [5.41, 5.74) is 3.52. The highest BCUT2D eigenvalue weighted by Gasteiger charge is 2.17. The van der Waals surface area contributed by atoms with Crippen LogP contribution in [0, 0.1) is 6.92 Å². The third-order valence-electron chi connectivity index (χ3n) is 3.92. The molecular weight excluding hydrogens is 276 g/mol. The predicted molar refractivity (Wildman–Crippen MR) is 90.9 cm³/mol. The van der Waals surface area contributed by atoms with Crippen LogP contribution in [0.2, 0.25) is 0 Å². The molecule has 110 valence electrons. The van der Waals surface area contributed by atoms with Crippen LogP contribution < -0.4 is 5.32 Å². The molecule has 0 atom stereocenters. The summed E-state index contributed by atoms with van der Waals surface area (Å²) in [5.74, 6) is 0. The fourth-order valence-electron chi connectivity index (χ4n) is 2.69. The highest BCUT2D eigenvalue weighted by molar-refractivity contribution is 8.00. The molecule has 2 nitrogen and oxygen atoms in total. The molecule has 0 saturated heterocycles. The average Bonchev–Trinajstić information content (AvgIpc) is 3.01. The van der Waals surface area contributed by atoms with Crippen molar-refractivity contribution in [3.05, 3.63) is 53.9 Å². The third kappa shape index (κ3) is 4.01. The molecule has 0 radical (unpaired) electrons. The summed E-state index contributed by atoms with van der Waals surface area (Å²) in [6.07, 6.45) is 7.42. The second-order valence-electron chi connectivity index (χ2n) is 5.70. The molecule has 0 bridgehead atoms. The van der Waals surface area contributed by atoms with Crippen LogP contribution in [0.5, 0.6) is 0 Å². The van der Waals surface area contributed by atoms with E-state index in [2.05, 4.69) is 53.6 Å². The maximum Gasteiger partial charge on any atom is 0.0594 e. The van der Waals surface area contributed by atoms with Crippen LogP contribution in [0.1, 0.15) is 36.9 Å². The van der Waals surface area contributed by atoms with Crippen molar-refractivity contribution in [1.29, 1.82) is 0 Å². The van der Waals surface area contributed by atoms with E-state index in [0.717, 1.165) is 17.5 Å². The van der Waals surface area contributed by atoms with Crippen molar-refractivity contribution in [2.75, 3.05) is 5.32 Å². The zero-order chi connectivity index (χ0) is 14.5. The van der Waals surface area contributed by atoms with Crippen LogP contribution in [-0.4, -0.2) is 10.2 Å². The Kier molecular flexibility index (Phi) is 4.81. The smallest absolute Gasteiger partial charge is 0.0594 e. The van der Waals surface area contributed by atoms with Gasteiger partial charge in [0.1, 0.15) is 0 Å². The number of nitrogens with zero attached hydrogens (tertiary/aromatic N) is 1. The molecule has 1 fully saturated rings. The van der Waals surface area contributed by atoms with Crippen molar-refractivity contribution in [2.24, 2.45) is 0 Å². The number of rotatable bonds is 5. The van der Waals surface area contributed by atoms with Crippen LogP contribution in [0.25, 0.3) is 0 Å². The number of para-hydroxylation sites is 1. The van der Waals surface area contributed by atoms with Gasteiger partial charge in [-0.1, -0.05) is 31.0 Å². The standard InChI is InChI=1S/C18H22N2S/c1-14-10-11-15(19-12-14)13-20-17-8-4-5-9-18(17)21-16-6-2-3-7-16/h4-5,8-12,16,20H,2-3,6-7,13H2,1H3. The molecule has 21 heavy (non-hydrogen) atoms. The van der Waals surface area contributed by atoms with Crippen molar-refractivity contribution < 1.29 is 0 Å². The Balaban J connectivity index is 1.65. The first-order valence-corrected chi connectivity index (χ1v) is 8.60. The Morgan fingerprint density at radius 3 is 2.71 bits per heavy atom. The minimum absolute atomic E-state index is 0.780. The molecule has 1 saturated carbocycles. The number of aromatic nitrogens is 1. The number of anilines is 1. The molecule has 1 aromatic heterocycles. The van der Waals surface area contributed by atoms with Gasteiger partial charge in [-0.25, -0.2) is 0 Å². The Labute approximate surface area is 131 Å². The van der Waals surface area contributed by atoms with Crippen molar-refractivity contribution in [1.82, 2.24) is 4.98 Å². The van der Waals surface area contributed by atoms with Crippen LogP contribution in [0.4, 0.5) is 5.69 Å². The molecule has 0 unspecified atom stereocenters. The van der Waals surface area contributed by atoms with Gasteiger partial charge in [0.25, 0.3) is 0 Å². The lowest BCUT2D eigenvalue weighted by Crippen LogP contribution is -2.03. The van der Waals surface area contributed by atoms with E-state index in [1.165, 1.54) is 41.8 Å². The minimum atomic E-state index is 0.780. The first-order valence-electron chi connectivity index (χ1n) is 7.72. The number of benzene rings is 1. The van der Waals surface area contributed by atoms with Gasteiger partial charge in [-0.15, -0.1) is 11.8 Å². The summed E-state index contributed by atoms with van der Waals surface area (Å²) in [5, 5.41) is 4.34. The molecule has 1 aliphatic carbocycles. The Morgan fingerprint density at radius 1 is 1.14 bits per heavy atom. The van der Waals surface area contributed by atoms with Crippen LogP contribution in [0.3, 0.4) is 0 Å². The van der Waals surface area contributed by atoms with Crippen molar-refractivity contribution >= 4 is 17.4 Å². The van der Waals surface area contributed by atoms with Gasteiger partial charge < -0.3 is 5.32 Å². The van der Waals surface area contributed by atoms with Gasteiger partial charge in [0.15, 0.2) is 0 Å². The largest absolute Gasteiger partial charge is 0.378 e. The van der Waals surface area contributed by atoms with E-state index in [0.29, 0.717) is 0 Å². The SMILES string of the molecule is Cc1ccc(CNc2ccccc2SC2CCCC2)nc1. The van der Waals surface area contributed by atoms with Gasteiger partial charge in [-0.3, -0.25) is 4.98 Å². The van der Waals surface area contributed by atoms with E-state index in [9.17, 15) is 0 Å². The highest BCUT2D eigenvalue weighted by atomic mass is 32.2. The van der Waals surface area contributed by atoms with Gasteiger partial charge in [-0.2, -0.15) is 0 Å². The van der Waals surface area contributed by atoms with Crippen molar-refractivity contribution in [2.45, 2.75) is 49.3 Å². The van der Waals surface area contributed by atoms with E-state index in [1.807, 2.05) is 18.0 Å². The minimum Gasteiger partial charge on any atom is -0.378 e. The second-order valence-corrected chi connectivity index (χ2v) is 7.04. The Morgan fingerprint density at radius 2 is 1.95 bits per heavy atom. The maximum atomic E-state index is 4.46. The number of hydrogen-bond donors (Lipinski definition) is 1. The summed E-state index contributed by atoms with van der Waals surface area (Å²) in [6.45, 7) is 2.85. The first-order chi connectivity index (χ1) is 10.3. The Hall–Kier alpha value is -1.48. The summed E-state index contributed by atoms with van der Waals surface area (Å²) in [7, 11) is 0. The van der Waals surface area contributed by atoms with E-state index in [1.54, 1.807) is 0 Å². The molecule has 0 aliphatic heterocycles. The summed E-state index contributed by atoms with van der Waals surface area (Å²) in [6, 6.07) is 12.8. The number of thioether (sulfide) groups is 1. The molecule has 1 heterocycles. The quantitative estimate of drug-likeness (QED) is 0.837. The van der Waals surface area contributed by atoms with Crippen LogP contribution in [-0.2, 0) is 6.54 Å². The topological polar surface area (TPSA) is 24.9 Å². The molecule has 3 heteroatoms. The van der Waals surface area contributed by atoms with E-state index < -0.39 is 0 Å². The molecular formula is C18H22N2S. The van der Waals surface area contributed by atoms with Gasteiger partial charge in [-0.05, 0) is 43.5 Å². The summed E-state index contributed by atoms with van der Waals surface area (Å²) in [4.78, 5) is 5.83. The maximum absolute atomic E-state index is 4.46. The molecule has 0 spiro atoms. The lowest BCUT2D eigenvalue weighted by Gasteiger charge is -2.14. The average molecular weight is 298 g/mol. The molecule has 0 amide bonds. The van der Waals surface area contributed by atoms with Gasteiger partial charge >= 0.3 is 0 Å². The van der Waals surface area contributed by atoms with E-state index in [4.69, 9.17) is 0 Å². The van der Waals surface area contributed by atoms with Crippen LogP contribution >= 0.6 is 11.8 Å².